The third kappa shape index (κ3) is 5.86. The highest BCUT2D eigenvalue weighted by Gasteiger charge is 2.36. The molecule has 0 saturated heterocycles. The Balaban J connectivity index is 2.02. The molecule has 2 aromatic rings. The number of aromatic nitrogens is 1. The summed E-state index contributed by atoms with van der Waals surface area (Å²) in [6.45, 7) is 0. The van der Waals surface area contributed by atoms with Crippen LogP contribution >= 0.6 is 0 Å². The first-order valence-electron chi connectivity index (χ1n) is 9.72. The van der Waals surface area contributed by atoms with Gasteiger partial charge >= 0.3 is 11.9 Å². The summed E-state index contributed by atoms with van der Waals surface area (Å²) < 4.78 is 1.85. The number of pyridine rings is 1. The smallest absolute Gasteiger partial charge is 0.327 e. The van der Waals surface area contributed by atoms with Crippen LogP contribution in [0.1, 0.15) is 12.0 Å². The van der Waals surface area contributed by atoms with Crippen molar-refractivity contribution < 1.29 is 24.4 Å². The zero-order valence-electron chi connectivity index (χ0n) is 17.3. The Bertz CT molecular complexity index is 1220. The standard InChI is InChI=1S/C22H21N7O4/c23-21(24)28-22(25)27-15-6-7-17(29-8-2-1-3-9-29)14(11-15)5-4-13-10-16(19(30)31)18(20(32)33)26-12-13/h1-3,6-9,11-12,16,18,26H,10H2,(H7-,23,24,25,27,28,30,31,32,33)/p+1/t16-,18+/m1/s1. The molecule has 0 aliphatic carbocycles. The van der Waals surface area contributed by atoms with E-state index in [0.717, 1.165) is 5.69 Å². The van der Waals surface area contributed by atoms with Gasteiger partial charge < -0.3 is 32.7 Å². The number of benzene rings is 1. The van der Waals surface area contributed by atoms with Crippen LogP contribution in [0.15, 0.2) is 70.5 Å². The van der Waals surface area contributed by atoms with E-state index >= 15 is 0 Å². The Labute approximate surface area is 189 Å². The van der Waals surface area contributed by atoms with Crippen LogP contribution in [0.3, 0.4) is 0 Å². The first kappa shape index (κ1) is 22.8. The van der Waals surface area contributed by atoms with E-state index in [2.05, 4.69) is 27.1 Å². The molecular formula is C22H22N7O4+. The fourth-order valence-corrected chi connectivity index (χ4v) is 3.20. The van der Waals surface area contributed by atoms with Crippen molar-refractivity contribution in [1.29, 1.82) is 0 Å². The van der Waals surface area contributed by atoms with Gasteiger partial charge in [-0.15, -0.1) is 0 Å². The van der Waals surface area contributed by atoms with E-state index in [1.165, 1.54) is 6.20 Å². The first-order valence-corrected chi connectivity index (χ1v) is 9.72. The molecule has 33 heavy (non-hydrogen) atoms. The fourth-order valence-electron chi connectivity index (χ4n) is 3.20. The lowest BCUT2D eigenvalue weighted by atomic mass is 9.89. The third-order valence-electron chi connectivity index (χ3n) is 4.68. The van der Waals surface area contributed by atoms with Crippen molar-refractivity contribution in [3.63, 3.8) is 0 Å². The molecule has 2 atom stereocenters. The Hall–Kier alpha value is -4.85. The van der Waals surface area contributed by atoms with Gasteiger partial charge in [-0.3, -0.25) is 4.79 Å². The normalized spacial score (nSPS) is 17.6. The van der Waals surface area contributed by atoms with Gasteiger partial charge in [-0.2, -0.15) is 9.56 Å². The molecule has 0 unspecified atom stereocenters. The van der Waals surface area contributed by atoms with Crippen molar-refractivity contribution in [3.8, 4) is 17.5 Å². The summed E-state index contributed by atoms with van der Waals surface area (Å²) in [6, 6.07) is 9.56. The molecule has 1 aliphatic rings. The quantitative estimate of drug-likeness (QED) is 0.157. The predicted molar refractivity (Wildman–Crippen MR) is 120 cm³/mol. The average Bonchev–Trinajstić information content (AvgIpc) is 2.77. The zero-order valence-corrected chi connectivity index (χ0v) is 17.3. The summed E-state index contributed by atoms with van der Waals surface area (Å²) in [5.74, 6) is 2.01. The maximum Gasteiger partial charge on any atom is 0.327 e. The number of hydrogen-bond donors (Lipinski definition) is 6. The van der Waals surface area contributed by atoms with E-state index < -0.39 is 23.9 Å². The van der Waals surface area contributed by atoms with Gasteiger partial charge in [0.2, 0.25) is 11.6 Å². The molecule has 1 aromatic carbocycles. The number of aliphatic imine (C=N–C) groups is 2. The number of guanidine groups is 2. The molecule has 9 N–H and O–H groups in total. The number of carbonyl (C=O) groups is 2. The summed E-state index contributed by atoms with van der Waals surface area (Å²) in [5.41, 5.74) is 18.6. The lowest BCUT2D eigenvalue weighted by molar-refractivity contribution is -0.595. The molecule has 0 fully saturated rings. The van der Waals surface area contributed by atoms with E-state index in [0.29, 0.717) is 16.8 Å². The van der Waals surface area contributed by atoms with E-state index in [1.807, 2.05) is 35.2 Å². The minimum absolute atomic E-state index is 0.0185. The van der Waals surface area contributed by atoms with Crippen LogP contribution in [0.25, 0.3) is 5.69 Å². The van der Waals surface area contributed by atoms with Gasteiger partial charge in [-0.05, 0) is 18.6 Å². The summed E-state index contributed by atoms with van der Waals surface area (Å²) >= 11 is 0. The van der Waals surface area contributed by atoms with Crippen LogP contribution in [-0.2, 0) is 9.59 Å². The van der Waals surface area contributed by atoms with Crippen LogP contribution in [0.5, 0.6) is 0 Å². The lowest BCUT2D eigenvalue weighted by Crippen LogP contribution is -2.46. The Morgan fingerprint density at radius 3 is 2.42 bits per heavy atom. The monoisotopic (exact) mass is 448 g/mol. The zero-order chi connectivity index (χ0) is 24.0. The van der Waals surface area contributed by atoms with Gasteiger partial charge in [-0.25, -0.2) is 9.79 Å². The predicted octanol–water partition coefficient (Wildman–Crippen LogP) is -0.434. The number of nitrogens with zero attached hydrogens (tertiary/aromatic N) is 3. The largest absolute Gasteiger partial charge is 0.481 e. The molecular weight excluding hydrogens is 426 g/mol. The highest BCUT2D eigenvalue weighted by Crippen LogP contribution is 2.22. The molecule has 168 valence electrons. The minimum atomic E-state index is -1.24. The number of nitrogens with one attached hydrogen (secondary N) is 1. The second-order valence-electron chi connectivity index (χ2n) is 7.04. The van der Waals surface area contributed by atoms with Crippen LogP contribution in [0.4, 0.5) is 5.69 Å². The molecule has 1 aromatic heterocycles. The van der Waals surface area contributed by atoms with Crippen LogP contribution in [0.2, 0.25) is 0 Å². The first-order chi connectivity index (χ1) is 15.7. The Morgan fingerprint density at radius 2 is 1.79 bits per heavy atom. The molecule has 11 nitrogen and oxygen atoms in total. The number of aliphatic carboxylic acids is 2. The molecule has 1 aliphatic heterocycles. The van der Waals surface area contributed by atoms with Crippen LogP contribution < -0.4 is 27.1 Å². The lowest BCUT2D eigenvalue weighted by Gasteiger charge is -2.25. The van der Waals surface area contributed by atoms with E-state index in [4.69, 9.17) is 17.2 Å². The van der Waals surface area contributed by atoms with Crippen molar-refractivity contribution in [2.75, 3.05) is 0 Å². The van der Waals surface area contributed by atoms with Crippen molar-refractivity contribution in [3.05, 3.63) is 66.1 Å². The number of nitrogens with two attached hydrogens (primary N) is 3. The molecule has 0 spiro atoms. The van der Waals surface area contributed by atoms with E-state index in [1.54, 1.807) is 18.2 Å². The topological polar surface area (TPSA) is 193 Å². The number of rotatable bonds is 4. The summed E-state index contributed by atoms with van der Waals surface area (Å²) in [6.07, 6.45) is 5.10. The van der Waals surface area contributed by atoms with Crippen LogP contribution in [0, 0.1) is 17.8 Å². The molecule has 11 heteroatoms. The molecule has 0 saturated carbocycles. The minimum Gasteiger partial charge on any atom is -0.481 e. The maximum atomic E-state index is 11.5. The fraction of sp³-hybridized carbons (Fsp3) is 0.136. The number of allylic oxidation sites excluding steroid dienone is 1. The highest BCUT2D eigenvalue weighted by atomic mass is 16.4. The molecule has 0 radical (unpaired) electrons. The average molecular weight is 448 g/mol. The summed E-state index contributed by atoms with van der Waals surface area (Å²) in [7, 11) is 0. The maximum absolute atomic E-state index is 11.5. The van der Waals surface area contributed by atoms with Crippen molar-refractivity contribution in [1.82, 2.24) is 5.32 Å². The second kappa shape index (κ2) is 9.97. The van der Waals surface area contributed by atoms with Crippen molar-refractivity contribution in [2.45, 2.75) is 12.5 Å². The SMILES string of the molecule is NC(N)=NC(N)=Nc1ccc(-[n+]2ccccc2)c(C#CC2=CN[C@H](C(=O)O)[C@H](C(=O)O)C2)c1. The van der Waals surface area contributed by atoms with E-state index in [9.17, 15) is 19.8 Å². The van der Waals surface area contributed by atoms with Gasteiger partial charge in [0.25, 0.3) is 0 Å². The van der Waals surface area contributed by atoms with Gasteiger partial charge in [0.05, 0.1) is 17.2 Å². The molecule has 3 rings (SSSR count). The highest BCUT2D eigenvalue weighted by molar-refractivity contribution is 5.93. The van der Waals surface area contributed by atoms with Gasteiger partial charge in [0.15, 0.2) is 18.4 Å². The number of hydrogen-bond acceptors (Lipinski definition) is 4. The summed E-state index contributed by atoms with van der Waals surface area (Å²) in [5, 5.41) is 21.2. The van der Waals surface area contributed by atoms with Gasteiger partial charge in [0.1, 0.15) is 6.04 Å². The third-order valence-corrected chi connectivity index (χ3v) is 4.68. The van der Waals surface area contributed by atoms with Crippen LogP contribution in [-0.4, -0.2) is 40.1 Å². The number of carboxylic acids is 2. The van der Waals surface area contributed by atoms with E-state index in [-0.39, 0.29) is 18.3 Å². The molecule has 0 amide bonds. The number of carboxylic acid groups (broad SMARTS) is 2. The van der Waals surface area contributed by atoms with Gasteiger partial charge in [0, 0.05) is 30.0 Å². The van der Waals surface area contributed by atoms with Gasteiger partial charge in [-0.1, -0.05) is 17.9 Å². The Kier molecular flexibility index (Phi) is 6.90. The summed E-state index contributed by atoms with van der Waals surface area (Å²) in [4.78, 5) is 30.7. The molecule has 0 bridgehead atoms. The molecule has 2 heterocycles. The van der Waals surface area contributed by atoms with Crippen molar-refractivity contribution in [2.24, 2.45) is 33.1 Å². The second-order valence-corrected chi connectivity index (χ2v) is 7.04. The van der Waals surface area contributed by atoms with Crippen molar-refractivity contribution >= 4 is 29.5 Å². The Morgan fingerprint density at radius 1 is 1.06 bits per heavy atom.